The Morgan fingerprint density at radius 3 is 2.13 bits per heavy atom. The summed E-state index contributed by atoms with van der Waals surface area (Å²) in [6, 6.07) is 0. The van der Waals surface area contributed by atoms with Crippen LogP contribution >= 0.6 is 0 Å². The van der Waals surface area contributed by atoms with Crippen molar-refractivity contribution in [1.82, 2.24) is 0 Å². The molecule has 0 bridgehead atoms. The Bertz CT molecular complexity index is 336. The first kappa shape index (κ1) is 22.1. The van der Waals surface area contributed by atoms with Gasteiger partial charge in [-0.25, -0.2) is 0 Å². The summed E-state index contributed by atoms with van der Waals surface area (Å²) >= 11 is 0. The molecule has 4 nitrogen and oxygen atoms in total. The fourth-order valence-corrected chi connectivity index (χ4v) is 3.45. The van der Waals surface area contributed by atoms with Crippen molar-refractivity contribution in [2.24, 2.45) is 5.92 Å². The topological polar surface area (TPSA) is 60.4 Å². The zero-order valence-corrected chi connectivity index (χ0v) is 15.6. The van der Waals surface area contributed by atoms with E-state index in [-0.39, 0.29) is 6.10 Å². The highest BCUT2D eigenvalue weighted by molar-refractivity contribution is 5.67. The maximum Gasteiger partial charge on any atom is 0.105 e. The SMILES string of the molecule is CC/C=C/CCC(O)C[N+](CCC)(CCC)CC(CC)C(=O)[O-]. The first-order valence-electron chi connectivity index (χ1n) is 9.33. The molecular weight excluding hydrogens is 290 g/mol. The minimum Gasteiger partial charge on any atom is -0.550 e. The summed E-state index contributed by atoms with van der Waals surface area (Å²) in [6.45, 7) is 11.3. The zero-order valence-electron chi connectivity index (χ0n) is 15.6. The third kappa shape index (κ3) is 9.11. The molecule has 0 fully saturated rings. The molecule has 23 heavy (non-hydrogen) atoms. The third-order valence-corrected chi connectivity index (χ3v) is 4.50. The van der Waals surface area contributed by atoms with Crippen LogP contribution in [0.1, 0.15) is 66.2 Å². The summed E-state index contributed by atoms with van der Waals surface area (Å²) in [4.78, 5) is 11.4. The van der Waals surface area contributed by atoms with Crippen LogP contribution in [0, 0.1) is 5.92 Å². The van der Waals surface area contributed by atoms with E-state index in [1.165, 1.54) is 0 Å². The lowest BCUT2D eigenvalue weighted by Gasteiger charge is -2.42. The number of carbonyl (C=O) groups excluding carboxylic acids is 1. The van der Waals surface area contributed by atoms with Gasteiger partial charge >= 0.3 is 0 Å². The van der Waals surface area contributed by atoms with Crippen LogP contribution in [0.15, 0.2) is 12.2 Å². The minimum absolute atomic E-state index is 0.381. The Morgan fingerprint density at radius 1 is 1.09 bits per heavy atom. The highest BCUT2D eigenvalue weighted by Crippen LogP contribution is 2.19. The Morgan fingerprint density at radius 2 is 1.70 bits per heavy atom. The highest BCUT2D eigenvalue weighted by Gasteiger charge is 2.32. The monoisotopic (exact) mass is 327 g/mol. The van der Waals surface area contributed by atoms with Crippen molar-refractivity contribution < 1.29 is 19.5 Å². The van der Waals surface area contributed by atoms with Gasteiger partial charge in [-0.2, -0.15) is 0 Å². The number of nitrogens with zero attached hydrogens (tertiary/aromatic N) is 1. The van der Waals surface area contributed by atoms with Gasteiger partial charge in [0.15, 0.2) is 0 Å². The Labute approximate surface area is 142 Å². The summed E-state index contributed by atoms with van der Waals surface area (Å²) in [5, 5.41) is 21.8. The van der Waals surface area contributed by atoms with Crippen LogP contribution in [0.2, 0.25) is 0 Å². The molecule has 136 valence electrons. The third-order valence-electron chi connectivity index (χ3n) is 4.50. The zero-order chi connectivity index (χ0) is 17.7. The van der Waals surface area contributed by atoms with Crippen molar-refractivity contribution >= 4 is 5.97 Å². The van der Waals surface area contributed by atoms with Crippen molar-refractivity contribution in [1.29, 1.82) is 0 Å². The largest absolute Gasteiger partial charge is 0.550 e. The molecule has 0 heterocycles. The molecule has 0 aliphatic heterocycles. The predicted octanol–water partition coefficient (Wildman–Crippen LogP) is 2.51. The van der Waals surface area contributed by atoms with Gasteiger partial charge in [0, 0.05) is 5.92 Å². The smallest absolute Gasteiger partial charge is 0.105 e. The van der Waals surface area contributed by atoms with Crippen molar-refractivity contribution in [3.8, 4) is 0 Å². The van der Waals surface area contributed by atoms with Gasteiger partial charge < -0.3 is 19.5 Å². The van der Waals surface area contributed by atoms with Crippen LogP contribution in [-0.2, 0) is 4.79 Å². The van der Waals surface area contributed by atoms with Crippen LogP contribution < -0.4 is 5.11 Å². The quantitative estimate of drug-likeness (QED) is 0.394. The van der Waals surface area contributed by atoms with E-state index in [1.54, 1.807) is 0 Å². The van der Waals surface area contributed by atoms with Gasteiger partial charge in [0.2, 0.25) is 0 Å². The molecule has 1 N–H and O–H groups in total. The number of quaternary nitrogens is 1. The average Bonchev–Trinajstić information content (AvgIpc) is 2.49. The normalized spacial score (nSPS) is 15.0. The molecule has 2 unspecified atom stereocenters. The van der Waals surface area contributed by atoms with E-state index in [2.05, 4.69) is 32.9 Å². The van der Waals surface area contributed by atoms with Crippen LogP contribution in [0.4, 0.5) is 0 Å². The molecule has 0 aromatic carbocycles. The number of aliphatic hydroxyl groups excluding tert-OH is 1. The van der Waals surface area contributed by atoms with Gasteiger partial charge in [-0.05, 0) is 38.5 Å². The van der Waals surface area contributed by atoms with E-state index in [4.69, 9.17) is 0 Å². The molecule has 0 amide bonds. The van der Waals surface area contributed by atoms with Crippen molar-refractivity contribution in [2.45, 2.75) is 72.3 Å². The molecule has 0 spiro atoms. The average molecular weight is 328 g/mol. The maximum atomic E-state index is 11.4. The lowest BCUT2D eigenvalue weighted by Crippen LogP contribution is -2.57. The molecular formula is C19H37NO3. The van der Waals surface area contributed by atoms with E-state index in [0.717, 1.165) is 45.2 Å². The Balaban J connectivity index is 4.94. The van der Waals surface area contributed by atoms with Crippen molar-refractivity contribution in [3.05, 3.63) is 12.2 Å². The van der Waals surface area contributed by atoms with Crippen LogP contribution in [0.3, 0.4) is 0 Å². The molecule has 2 atom stereocenters. The number of allylic oxidation sites excluding steroid dienone is 2. The second kappa shape index (κ2) is 12.5. The number of carboxylic acid groups (broad SMARTS) is 1. The van der Waals surface area contributed by atoms with Crippen molar-refractivity contribution in [2.75, 3.05) is 26.2 Å². The van der Waals surface area contributed by atoms with Gasteiger partial charge in [-0.1, -0.05) is 39.8 Å². The van der Waals surface area contributed by atoms with Gasteiger partial charge in [0.25, 0.3) is 0 Å². The standard InChI is InChI=1S/C19H37NO3/c1-5-9-10-11-12-18(21)16-20(13-6-2,14-7-3)15-17(8-4)19(22)23/h9-10,17-18,21H,5-8,11-16H2,1-4H3/b10-9+. The number of carbonyl (C=O) groups is 1. The van der Waals surface area contributed by atoms with Gasteiger partial charge in [-0.3, -0.25) is 0 Å². The first-order valence-corrected chi connectivity index (χ1v) is 9.33. The molecule has 0 aliphatic carbocycles. The summed E-state index contributed by atoms with van der Waals surface area (Å²) in [7, 11) is 0. The number of aliphatic carboxylic acids is 1. The Hall–Kier alpha value is -0.870. The lowest BCUT2D eigenvalue weighted by molar-refractivity contribution is -0.933. The number of rotatable bonds is 14. The lowest BCUT2D eigenvalue weighted by atomic mass is 10.0. The molecule has 0 saturated heterocycles. The van der Waals surface area contributed by atoms with Crippen LogP contribution in [0.5, 0.6) is 0 Å². The molecule has 0 radical (unpaired) electrons. The van der Waals surface area contributed by atoms with Gasteiger partial charge in [0.05, 0.1) is 25.6 Å². The van der Waals surface area contributed by atoms with Crippen LogP contribution in [0.25, 0.3) is 0 Å². The fraction of sp³-hybridized carbons (Fsp3) is 0.842. The molecule has 0 saturated carbocycles. The summed E-state index contributed by atoms with van der Waals surface area (Å²) < 4.78 is 0.693. The predicted molar refractivity (Wildman–Crippen MR) is 93.8 cm³/mol. The summed E-state index contributed by atoms with van der Waals surface area (Å²) in [6.07, 6.45) is 9.07. The second-order valence-corrected chi connectivity index (χ2v) is 6.69. The molecule has 0 aromatic heterocycles. The molecule has 0 rings (SSSR count). The van der Waals surface area contributed by atoms with Crippen LogP contribution in [-0.4, -0.2) is 47.8 Å². The van der Waals surface area contributed by atoms with Crippen molar-refractivity contribution in [3.63, 3.8) is 0 Å². The van der Waals surface area contributed by atoms with E-state index in [9.17, 15) is 15.0 Å². The summed E-state index contributed by atoms with van der Waals surface area (Å²) in [5.74, 6) is -1.39. The second-order valence-electron chi connectivity index (χ2n) is 6.69. The number of hydrogen-bond donors (Lipinski definition) is 1. The molecule has 0 aliphatic rings. The highest BCUT2D eigenvalue weighted by atomic mass is 16.4. The van der Waals surface area contributed by atoms with E-state index >= 15 is 0 Å². The fourth-order valence-electron chi connectivity index (χ4n) is 3.45. The number of hydrogen-bond acceptors (Lipinski definition) is 3. The number of aliphatic hydroxyl groups is 1. The maximum absolute atomic E-state index is 11.4. The summed E-state index contributed by atoms with van der Waals surface area (Å²) in [5.41, 5.74) is 0. The van der Waals surface area contributed by atoms with E-state index in [1.807, 2.05) is 6.92 Å². The Kier molecular flexibility index (Phi) is 12.1. The first-order chi connectivity index (χ1) is 10.9. The minimum atomic E-state index is -0.956. The van der Waals surface area contributed by atoms with E-state index in [0.29, 0.717) is 24.0 Å². The van der Waals surface area contributed by atoms with Gasteiger partial charge in [-0.15, -0.1) is 0 Å². The number of carboxylic acids is 1. The molecule has 4 heteroatoms. The van der Waals surface area contributed by atoms with Gasteiger partial charge in [0.1, 0.15) is 12.6 Å². The molecule has 0 aromatic rings. The van der Waals surface area contributed by atoms with E-state index < -0.39 is 11.9 Å².